The Kier molecular flexibility index (Phi) is 3.03. The van der Waals surface area contributed by atoms with E-state index >= 15 is 0 Å². The van der Waals surface area contributed by atoms with E-state index in [0.717, 1.165) is 13.1 Å². The first-order valence-corrected chi connectivity index (χ1v) is 6.67. The van der Waals surface area contributed by atoms with Crippen LogP contribution in [0.15, 0.2) is 30.6 Å². The summed E-state index contributed by atoms with van der Waals surface area (Å²) in [6.07, 6.45) is 3.99. The molecule has 4 heteroatoms. The first-order valence-electron chi connectivity index (χ1n) is 6.67. The predicted molar refractivity (Wildman–Crippen MR) is 78.6 cm³/mol. The second kappa shape index (κ2) is 4.70. The molecule has 19 heavy (non-hydrogen) atoms. The molecule has 1 aromatic carbocycles. The van der Waals surface area contributed by atoms with Crippen molar-refractivity contribution in [2.24, 2.45) is 7.05 Å². The summed E-state index contributed by atoms with van der Waals surface area (Å²) in [7, 11) is 6.13. The topological polar surface area (TPSA) is 33.1 Å². The zero-order chi connectivity index (χ0) is 13.4. The molecule has 1 atom stereocenters. The van der Waals surface area contributed by atoms with Crippen LogP contribution in [0.25, 0.3) is 11.1 Å². The van der Waals surface area contributed by atoms with Gasteiger partial charge in [-0.25, -0.2) is 0 Å². The number of aryl methyl sites for hydroxylation is 1. The lowest BCUT2D eigenvalue weighted by Crippen LogP contribution is -2.22. The quantitative estimate of drug-likeness (QED) is 0.909. The van der Waals surface area contributed by atoms with Crippen LogP contribution in [0.1, 0.15) is 11.5 Å². The van der Waals surface area contributed by atoms with E-state index in [2.05, 4.69) is 46.8 Å². The Morgan fingerprint density at radius 1 is 1.32 bits per heavy atom. The Morgan fingerprint density at radius 2 is 2.16 bits per heavy atom. The van der Waals surface area contributed by atoms with Crippen LogP contribution >= 0.6 is 0 Å². The molecule has 0 spiro atoms. The summed E-state index contributed by atoms with van der Waals surface area (Å²) in [5.41, 5.74) is 5.23. The Labute approximate surface area is 114 Å². The summed E-state index contributed by atoms with van der Waals surface area (Å²) in [6.45, 7) is 2.11. The monoisotopic (exact) mass is 256 g/mol. The number of hydrogen-bond donors (Lipinski definition) is 1. The molecule has 1 aromatic heterocycles. The van der Waals surface area contributed by atoms with E-state index in [1.807, 2.05) is 25.0 Å². The fourth-order valence-corrected chi connectivity index (χ4v) is 2.93. The molecular weight excluding hydrogens is 236 g/mol. The van der Waals surface area contributed by atoms with Gasteiger partial charge in [-0.05, 0) is 30.3 Å². The Hall–Kier alpha value is -1.81. The summed E-state index contributed by atoms with van der Waals surface area (Å²) in [6, 6.07) is 6.74. The number of fused-ring (bicyclic) bond motifs is 1. The van der Waals surface area contributed by atoms with E-state index in [1.165, 1.54) is 22.4 Å². The molecule has 0 radical (unpaired) electrons. The van der Waals surface area contributed by atoms with Crippen LogP contribution in [0.2, 0.25) is 0 Å². The van der Waals surface area contributed by atoms with Crippen LogP contribution in [0.4, 0.5) is 5.69 Å². The van der Waals surface area contributed by atoms with Gasteiger partial charge < -0.3 is 10.2 Å². The second-order valence-corrected chi connectivity index (χ2v) is 5.31. The van der Waals surface area contributed by atoms with Gasteiger partial charge in [0.15, 0.2) is 0 Å². The molecule has 1 N–H and O–H groups in total. The Morgan fingerprint density at radius 3 is 2.84 bits per heavy atom. The highest BCUT2D eigenvalue weighted by Crippen LogP contribution is 2.37. The van der Waals surface area contributed by atoms with Crippen LogP contribution < -0.4 is 10.2 Å². The van der Waals surface area contributed by atoms with Gasteiger partial charge >= 0.3 is 0 Å². The lowest BCUT2D eigenvalue weighted by molar-refractivity contribution is 0.654. The van der Waals surface area contributed by atoms with Gasteiger partial charge in [0, 0.05) is 50.6 Å². The summed E-state index contributed by atoms with van der Waals surface area (Å²) in [5.74, 6) is 0.571. The maximum Gasteiger partial charge on any atom is 0.0568 e. The largest absolute Gasteiger partial charge is 0.374 e. The average Bonchev–Trinajstić information content (AvgIpc) is 2.95. The lowest BCUT2D eigenvalue weighted by atomic mass is 9.97. The lowest BCUT2D eigenvalue weighted by Gasteiger charge is -2.12. The molecule has 0 amide bonds. The number of likely N-dealkylation sites (N-methyl/N-ethyl adjacent to an activating group) is 2. The van der Waals surface area contributed by atoms with E-state index in [1.54, 1.807) is 0 Å². The van der Waals surface area contributed by atoms with Crippen LogP contribution in [0.3, 0.4) is 0 Å². The number of aromatic nitrogens is 2. The maximum absolute atomic E-state index is 4.25. The van der Waals surface area contributed by atoms with Crippen molar-refractivity contribution in [1.29, 1.82) is 0 Å². The molecule has 100 valence electrons. The normalized spacial score (nSPS) is 17.8. The molecular formula is C15H20N4. The predicted octanol–water partition coefficient (Wildman–Crippen LogP) is 1.84. The van der Waals surface area contributed by atoms with Crippen molar-refractivity contribution in [3.05, 3.63) is 36.2 Å². The van der Waals surface area contributed by atoms with Gasteiger partial charge in [0.25, 0.3) is 0 Å². The minimum absolute atomic E-state index is 0.571. The minimum atomic E-state index is 0.571. The van der Waals surface area contributed by atoms with Gasteiger partial charge in [0.05, 0.1) is 6.20 Å². The SMILES string of the molecule is CNC[C@@H]1CN(C)c2ccc(-c3cnn(C)c3)cc21. The summed E-state index contributed by atoms with van der Waals surface area (Å²) in [5, 5.41) is 7.54. The third-order valence-corrected chi connectivity index (χ3v) is 3.86. The van der Waals surface area contributed by atoms with Gasteiger partial charge in [-0.2, -0.15) is 5.10 Å². The van der Waals surface area contributed by atoms with Gasteiger partial charge in [-0.3, -0.25) is 4.68 Å². The third-order valence-electron chi connectivity index (χ3n) is 3.86. The average molecular weight is 256 g/mol. The Balaban J connectivity index is 2.00. The van der Waals surface area contributed by atoms with Crippen molar-refractivity contribution in [1.82, 2.24) is 15.1 Å². The smallest absolute Gasteiger partial charge is 0.0568 e. The Bertz CT molecular complexity index is 588. The molecule has 0 unspecified atom stereocenters. The van der Waals surface area contributed by atoms with Crippen molar-refractivity contribution < 1.29 is 0 Å². The van der Waals surface area contributed by atoms with Crippen molar-refractivity contribution in [2.45, 2.75) is 5.92 Å². The van der Waals surface area contributed by atoms with Crippen molar-refractivity contribution in [3.8, 4) is 11.1 Å². The number of rotatable bonds is 3. The van der Waals surface area contributed by atoms with Crippen molar-refractivity contribution in [3.63, 3.8) is 0 Å². The third kappa shape index (κ3) is 2.12. The summed E-state index contributed by atoms with van der Waals surface area (Å²) >= 11 is 0. The molecule has 0 saturated carbocycles. The van der Waals surface area contributed by atoms with Crippen molar-refractivity contribution in [2.75, 3.05) is 32.1 Å². The number of hydrogen-bond acceptors (Lipinski definition) is 3. The van der Waals surface area contributed by atoms with Crippen LogP contribution in [0, 0.1) is 0 Å². The fourth-order valence-electron chi connectivity index (χ4n) is 2.93. The molecule has 0 fully saturated rings. The zero-order valence-corrected chi connectivity index (χ0v) is 11.7. The standard InChI is InChI=1S/C15H20N4/c1-16-7-13-9-18(2)15-5-4-11(6-14(13)15)12-8-17-19(3)10-12/h4-6,8,10,13,16H,7,9H2,1-3H3/t13-/m1/s1. The first kappa shape index (κ1) is 12.2. The highest BCUT2D eigenvalue weighted by Gasteiger charge is 2.26. The molecule has 3 rings (SSSR count). The molecule has 2 heterocycles. The molecule has 1 aliphatic rings. The second-order valence-electron chi connectivity index (χ2n) is 5.31. The molecule has 0 saturated heterocycles. The van der Waals surface area contributed by atoms with E-state index in [0.29, 0.717) is 5.92 Å². The van der Waals surface area contributed by atoms with E-state index in [4.69, 9.17) is 0 Å². The van der Waals surface area contributed by atoms with E-state index in [-0.39, 0.29) is 0 Å². The van der Waals surface area contributed by atoms with Gasteiger partial charge in [0.1, 0.15) is 0 Å². The highest BCUT2D eigenvalue weighted by molar-refractivity contribution is 5.70. The van der Waals surface area contributed by atoms with Crippen LogP contribution in [-0.4, -0.2) is 37.0 Å². The maximum atomic E-state index is 4.25. The molecule has 0 aliphatic carbocycles. The number of anilines is 1. The molecule has 0 bridgehead atoms. The zero-order valence-electron chi connectivity index (χ0n) is 11.7. The van der Waals surface area contributed by atoms with E-state index in [9.17, 15) is 0 Å². The molecule has 4 nitrogen and oxygen atoms in total. The number of benzene rings is 1. The number of nitrogens with one attached hydrogen (secondary N) is 1. The van der Waals surface area contributed by atoms with Crippen LogP contribution in [-0.2, 0) is 7.05 Å². The first-order chi connectivity index (χ1) is 9.19. The van der Waals surface area contributed by atoms with Gasteiger partial charge in [-0.15, -0.1) is 0 Å². The van der Waals surface area contributed by atoms with E-state index < -0.39 is 0 Å². The number of nitrogens with zero attached hydrogens (tertiary/aromatic N) is 3. The summed E-state index contributed by atoms with van der Waals surface area (Å²) in [4.78, 5) is 2.34. The van der Waals surface area contributed by atoms with Crippen LogP contribution in [0.5, 0.6) is 0 Å². The van der Waals surface area contributed by atoms with Gasteiger partial charge in [-0.1, -0.05) is 6.07 Å². The molecule has 1 aliphatic heterocycles. The van der Waals surface area contributed by atoms with Crippen molar-refractivity contribution >= 4 is 5.69 Å². The molecule has 2 aromatic rings. The summed E-state index contributed by atoms with van der Waals surface area (Å²) < 4.78 is 1.85. The minimum Gasteiger partial charge on any atom is -0.374 e. The highest BCUT2D eigenvalue weighted by atomic mass is 15.2. The van der Waals surface area contributed by atoms with Gasteiger partial charge in [0.2, 0.25) is 0 Å². The fraction of sp³-hybridized carbons (Fsp3) is 0.400.